The zero-order valence-electron chi connectivity index (χ0n) is 15.1. The molecule has 0 aliphatic rings. The van der Waals surface area contributed by atoms with Crippen LogP contribution in [0.1, 0.15) is 15.9 Å². The zero-order chi connectivity index (χ0) is 21.5. The first-order valence-corrected chi connectivity index (χ1v) is 8.49. The number of fused-ring (bicyclic) bond motifs is 1. The lowest BCUT2D eigenvalue weighted by Gasteiger charge is -2.10. The topological polar surface area (TPSA) is 118 Å². The van der Waals surface area contributed by atoms with Crippen LogP contribution >= 0.6 is 0 Å². The summed E-state index contributed by atoms with van der Waals surface area (Å²) in [5.41, 5.74) is 6.13. The number of aromatic nitrogens is 4. The molecule has 1 amide bonds. The first-order valence-electron chi connectivity index (χ1n) is 8.49. The fourth-order valence-corrected chi connectivity index (χ4v) is 2.91. The summed E-state index contributed by atoms with van der Waals surface area (Å²) in [6.45, 7) is 0. The molecule has 0 unspecified atom stereocenters. The molecule has 3 aromatic heterocycles. The van der Waals surface area contributed by atoms with Crippen molar-refractivity contribution in [3.8, 4) is 17.0 Å². The van der Waals surface area contributed by atoms with Gasteiger partial charge in [0.2, 0.25) is 0 Å². The van der Waals surface area contributed by atoms with Gasteiger partial charge in [0.05, 0.1) is 5.56 Å². The van der Waals surface area contributed by atoms with Crippen molar-refractivity contribution in [3.63, 3.8) is 0 Å². The number of carbonyl (C=O) groups excluding carboxylic acids is 1. The fourth-order valence-electron chi connectivity index (χ4n) is 2.91. The van der Waals surface area contributed by atoms with Gasteiger partial charge in [-0.2, -0.15) is 13.2 Å². The van der Waals surface area contributed by atoms with E-state index < -0.39 is 17.6 Å². The second kappa shape index (κ2) is 7.03. The van der Waals surface area contributed by atoms with Gasteiger partial charge in [-0.05, 0) is 30.3 Å². The summed E-state index contributed by atoms with van der Waals surface area (Å²) in [4.78, 5) is 24.3. The minimum absolute atomic E-state index is 0.0186. The summed E-state index contributed by atoms with van der Waals surface area (Å²) >= 11 is 0. The standard InChI is InChI=1S/C19H13F3N6O2/c20-19(21,22)11-3-4-24-14(8-11)27-18(30)10-1-2-12(13(29)7-10)15-16-17(23)25-5-6-28(16)9-26-15/h1-9,29H,(H2,23,25)(H,24,27,30). The summed E-state index contributed by atoms with van der Waals surface area (Å²) in [7, 11) is 0. The summed E-state index contributed by atoms with van der Waals surface area (Å²) in [6, 6.07) is 5.55. The molecule has 4 rings (SSSR count). The van der Waals surface area contributed by atoms with E-state index in [9.17, 15) is 23.1 Å². The number of rotatable bonds is 3. The molecule has 0 bridgehead atoms. The molecule has 0 aliphatic carbocycles. The number of nitrogens with two attached hydrogens (primary N) is 1. The van der Waals surface area contributed by atoms with Crippen molar-refractivity contribution in [3.05, 3.63) is 66.4 Å². The molecule has 0 aliphatic heterocycles. The Balaban J connectivity index is 1.63. The highest BCUT2D eigenvalue weighted by Crippen LogP contribution is 2.34. The predicted octanol–water partition coefficient (Wildman–Crippen LogP) is 3.35. The number of amides is 1. The van der Waals surface area contributed by atoms with E-state index >= 15 is 0 Å². The first-order chi connectivity index (χ1) is 14.2. The van der Waals surface area contributed by atoms with Crippen molar-refractivity contribution in [2.45, 2.75) is 6.18 Å². The number of nitrogen functional groups attached to an aromatic ring is 1. The number of anilines is 2. The molecule has 8 nitrogen and oxygen atoms in total. The second-order valence-corrected chi connectivity index (χ2v) is 6.28. The minimum Gasteiger partial charge on any atom is -0.507 e. The molecule has 0 saturated heterocycles. The van der Waals surface area contributed by atoms with Gasteiger partial charge in [-0.1, -0.05) is 0 Å². The number of phenols is 1. The van der Waals surface area contributed by atoms with Crippen molar-refractivity contribution in [1.82, 2.24) is 19.4 Å². The molecule has 4 aromatic rings. The lowest BCUT2D eigenvalue weighted by atomic mass is 10.1. The molecule has 0 fully saturated rings. The Morgan fingerprint density at radius 1 is 1.10 bits per heavy atom. The number of pyridine rings is 1. The summed E-state index contributed by atoms with van der Waals surface area (Å²) in [6.07, 6.45) is 1.03. The van der Waals surface area contributed by atoms with Gasteiger partial charge in [0.1, 0.15) is 34.9 Å². The van der Waals surface area contributed by atoms with Crippen molar-refractivity contribution < 1.29 is 23.1 Å². The van der Waals surface area contributed by atoms with E-state index in [1.165, 1.54) is 30.7 Å². The summed E-state index contributed by atoms with van der Waals surface area (Å²) < 4.78 is 40.1. The van der Waals surface area contributed by atoms with Crippen LogP contribution in [0, 0.1) is 0 Å². The van der Waals surface area contributed by atoms with Crippen LogP contribution in [0.15, 0.2) is 55.2 Å². The lowest BCUT2D eigenvalue weighted by molar-refractivity contribution is -0.137. The maximum Gasteiger partial charge on any atom is 0.416 e. The number of hydrogen-bond donors (Lipinski definition) is 3. The highest BCUT2D eigenvalue weighted by Gasteiger charge is 2.31. The molecule has 1 aromatic carbocycles. The molecule has 152 valence electrons. The van der Waals surface area contributed by atoms with E-state index in [0.717, 1.165) is 18.3 Å². The Hall–Kier alpha value is -4.15. The van der Waals surface area contributed by atoms with E-state index in [1.54, 1.807) is 10.6 Å². The third-order valence-corrected chi connectivity index (χ3v) is 4.32. The van der Waals surface area contributed by atoms with Crippen LogP contribution in [0.4, 0.5) is 24.8 Å². The van der Waals surface area contributed by atoms with Gasteiger partial charge in [-0.15, -0.1) is 0 Å². The number of halogens is 3. The number of nitrogens with zero attached hydrogens (tertiary/aromatic N) is 4. The van der Waals surface area contributed by atoms with Crippen LogP contribution in [0.2, 0.25) is 0 Å². The largest absolute Gasteiger partial charge is 0.507 e. The Morgan fingerprint density at radius 2 is 1.90 bits per heavy atom. The minimum atomic E-state index is -4.56. The lowest BCUT2D eigenvalue weighted by Crippen LogP contribution is -2.14. The molecule has 0 saturated carbocycles. The number of nitrogens with one attached hydrogen (secondary N) is 1. The highest BCUT2D eigenvalue weighted by atomic mass is 19.4. The number of imidazole rings is 1. The van der Waals surface area contributed by atoms with Gasteiger partial charge in [0, 0.05) is 29.7 Å². The van der Waals surface area contributed by atoms with Crippen LogP contribution in [0.3, 0.4) is 0 Å². The summed E-state index contributed by atoms with van der Waals surface area (Å²) in [5.74, 6) is -1.05. The monoisotopic (exact) mass is 414 g/mol. The van der Waals surface area contributed by atoms with Gasteiger partial charge in [-0.3, -0.25) is 4.79 Å². The Morgan fingerprint density at radius 3 is 2.63 bits per heavy atom. The smallest absolute Gasteiger partial charge is 0.416 e. The number of hydrogen-bond acceptors (Lipinski definition) is 6. The Bertz CT molecular complexity index is 1270. The van der Waals surface area contributed by atoms with Crippen molar-refractivity contribution >= 4 is 23.1 Å². The van der Waals surface area contributed by atoms with Gasteiger partial charge in [-0.25, -0.2) is 15.0 Å². The molecule has 0 radical (unpaired) electrons. The maximum atomic E-state index is 12.8. The Labute approximate surface area is 166 Å². The van der Waals surface area contributed by atoms with E-state index in [1.807, 2.05) is 0 Å². The van der Waals surface area contributed by atoms with Gasteiger partial charge >= 0.3 is 6.18 Å². The average molecular weight is 414 g/mol. The summed E-state index contributed by atoms with van der Waals surface area (Å²) in [5, 5.41) is 12.7. The van der Waals surface area contributed by atoms with E-state index in [2.05, 4.69) is 20.3 Å². The number of carbonyl (C=O) groups is 1. The predicted molar refractivity (Wildman–Crippen MR) is 102 cm³/mol. The second-order valence-electron chi connectivity index (χ2n) is 6.28. The number of alkyl halides is 3. The van der Waals surface area contributed by atoms with Crippen molar-refractivity contribution in [1.29, 1.82) is 0 Å². The molecule has 30 heavy (non-hydrogen) atoms. The Kier molecular flexibility index (Phi) is 4.49. The number of aromatic hydroxyl groups is 1. The van der Waals surface area contributed by atoms with Gasteiger partial charge in [0.15, 0.2) is 0 Å². The first kappa shape index (κ1) is 19.2. The number of phenolic OH excluding ortho intramolecular Hbond substituents is 1. The van der Waals surface area contributed by atoms with Crippen LogP contribution in [0.5, 0.6) is 5.75 Å². The molecular weight excluding hydrogens is 401 g/mol. The van der Waals surface area contributed by atoms with Crippen LogP contribution in [-0.4, -0.2) is 30.4 Å². The van der Waals surface area contributed by atoms with Crippen molar-refractivity contribution in [2.24, 2.45) is 0 Å². The molecule has 3 heterocycles. The van der Waals surface area contributed by atoms with Crippen LogP contribution in [0.25, 0.3) is 16.8 Å². The molecule has 0 spiro atoms. The van der Waals surface area contributed by atoms with Crippen LogP contribution in [-0.2, 0) is 6.18 Å². The SMILES string of the molecule is Nc1nccn2cnc(-c3ccc(C(=O)Nc4cc(C(F)(F)F)ccn4)cc3O)c12. The van der Waals surface area contributed by atoms with Crippen molar-refractivity contribution in [2.75, 3.05) is 11.1 Å². The van der Waals surface area contributed by atoms with Gasteiger partial charge < -0.3 is 20.6 Å². The zero-order valence-corrected chi connectivity index (χ0v) is 15.1. The molecule has 11 heteroatoms. The van der Waals surface area contributed by atoms with Crippen LogP contribution < -0.4 is 11.1 Å². The molecule has 0 atom stereocenters. The maximum absolute atomic E-state index is 12.8. The average Bonchev–Trinajstić information content (AvgIpc) is 3.13. The third kappa shape index (κ3) is 3.48. The quantitative estimate of drug-likeness (QED) is 0.473. The molecular formula is C19H13F3N6O2. The highest BCUT2D eigenvalue weighted by molar-refractivity contribution is 6.04. The van der Waals surface area contributed by atoms with E-state index in [-0.39, 0.29) is 22.9 Å². The van der Waals surface area contributed by atoms with E-state index in [4.69, 9.17) is 5.73 Å². The van der Waals surface area contributed by atoms with Gasteiger partial charge in [0.25, 0.3) is 5.91 Å². The third-order valence-electron chi connectivity index (χ3n) is 4.32. The molecule has 4 N–H and O–H groups in total. The number of benzene rings is 1. The van der Waals surface area contributed by atoms with E-state index in [0.29, 0.717) is 16.8 Å². The fraction of sp³-hybridized carbons (Fsp3) is 0.0526. The normalized spacial score (nSPS) is 11.6.